The van der Waals surface area contributed by atoms with Crippen molar-refractivity contribution in [2.24, 2.45) is 5.41 Å². The number of halogens is 2. The summed E-state index contributed by atoms with van der Waals surface area (Å²) in [4.78, 5) is 13.7. The Hall–Kier alpha value is -3.67. The summed E-state index contributed by atoms with van der Waals surface area (Å²) >= 11 is 0. The van der Waals surface area contributed by atoms with Gasteiger partial charge in [-0.3, -0.25) is 0 Å². The van der Waals surface area contributed by atoms with Gasteiger partial charge in [0.25, 0.3) is 5.95 Å². The van der Waals surface area contributed by atoms with Gasteiger partial charge >= 0.3 is 0 Å². The zero-order valence-electron chi connectivity index (χ0n) is 21.3. The van der Waals surface area contributed by atoms with E-state index in [4.69, 9.17) is 4.98 Å². The van der Waals surface area contributed by atoms with Gasteiger partial charge in [-0.15, -0.1) is 10.2 Å². The Bertz CT molecular complexity index is 1740. The third-order valence-corrected chi connectivity index (χ3v) is 10.8. The minimum atomic E-state index is -3.07. The van der Waals surface area contributed by atoms with Crippen molar-refractivity contribution in [1.82, 2.24) is 34.9 Å². The summed E-state index contributed by atoms with van der Waals surface area (Å²) in [5.74, 6) is -0.501. The van der Waals surface area contributed by atoms with Gasteiger partial charge in [-0.1, -0.05) is 19.9 Å². The van der Waals surface area contributed by atoms with Crippen molar-refractivity contribution in [1.29, 1.82) is 0 Å². The first kappa shape index (κ1) is 24.4. The van der Waals surface area contributed by atoms with Crippen molar-refractivity contribution >= 4 is 9.84 Å². The third kappa shape index (κ3) is 3.43. The number of nitrogens with zero attached hydrogens (tertiary/aromatic N) is 7. The average Bonchev–Trinajstić information content (AvgIpc) is 3.64. The van der Waals surface area contributed by atoms with E-state index in [1.54, 1.807) is 12.3 Å². The molecule has 0 amide bonds. The van der Waals surface area contributed by atoms with Crippen LogP contribution in [-0.4, -0.2) is 54.9 Å². The SMILES string of the molecule is CC1(C)[C@H]2CC[C@]1(c1ccnc(-n3cnc([C@@H]4CCS(=O)(=O)C4)n3)n1)c1nnc(-c3c(F)cccc3F)cc12. The van der Waals surface area contributed by atoms with Gasteiger partial charge in [-0.25, -0.2) is 32.2 Å². The van der Waals surface area contributed by atoms with Crippen LogP contribution in [0.5, 0.6) is 0 Å². The number of aromatic nitrogens is 7. The molecule has 0 spiro atoms. The molecule has 4 heterocycles. The van der Waals surface area contributed by atoms with E-state index >= 15 is 0 Å². The van der Waals surface area contributed by atoms with Crippen molar-refractivity contribution in [3.05, 3.63) is 77.3 Å². The highest BCUT2D eigenvalue weighted by Gasteiger charge is 2.65. The van der Waals surface area contributed by atoms with E-state index in [0.717, 1.165) is 29.8 Å². The summed E-state index contributed by atoms with van der Waals surface area (Å²) in [6, 6.07) is 7.41. The number of hydrogen-bond acceptors (Lipinski definition) is 8. The lowest BCUT2D eigenvalue weighted by molar-refractivity contribution is 0.242. The van der Waals surface area contributed by atoms with E-state index in [1.165, 1.54) is 29.2 Å². The molecule has 0 N–H and O–H groups in total. The largest absolute Gasteiger partial charge is 0.252 e. The van der Waals surface area contributed by atoms with E-state index in [0.29, 0.717) is 18.2 Å². The van der Waals surface area contributed by atoms with Crippen LogP contribution in [0.2, 0.25) is 0 Å². The molecule has 12 heteroatoms. The topological polar surface area (TPSA) is 116 Å². The fourth-order valence-corrected chi connectivity index (χ4v) is 8.75. The Labute approximate surface area is 223 Å². The van der Waals surface area contributed by atoms with E-state index in [9.17, 15) is 17.2 Å². The fourth-order valence-electron chi connectivity index (χ4n) is 7.01. The minimum absolute atomic E-state index is 0.0464. The molecule has 1 saturated heterocycles. The molecule has 1 aliphatic heterocycles. The van der Waals surface area contributed by atoms with Crippen LogP contribution >= 0.6 is 0 Å². The van der Waals surface area contributed by atoms with Crippen LogP contribution in [0.4, 0.5) is 8.78 Å². The molecular weight excluding hydrogens is 524 g/mol. The predicted molar refractivity (Wildman–Crippen MR) is 137 cm³/mol. The van der Waals surface area contributed by atoms with Gasteiger partial charge in [0.2, 0.25) is 0 Å². The molecule has 0 unspecified atom stereocenters. The van der Waals surface area contributed by atoms with Gasteiger partial charge in [-0.05, 0) is 60.4 Å². The number of benzene rings is 1. The van der Waals surface area contributed by atoms with Gasteiger partial charge in [0.1, 0.15) is 18.0 Å². The van der Waals surface area contributed by atoms with Crippen molar-refractivity contribution in [3.8, 4) is 17.2 Å². The van der Waals surface area contributed by atoms with Crippen LogP contribution in [0, 0.1) is 17.0 Å². The molecule has 3 atom stereocenters. The van der Waals surface area contributed by atoms with Gasteiger partial charge < -0.3 is 0 Å². The van der Waals surface area contributed by atoms with E-state index in [2.05, 4.69) is 39.1 Å². The normalized spacial score (nSPS) is 26.2. The van der Waals surface area contributed by atoms with Crippen LogP contribution in [0.15, 0.2) is 42.9 Å². The zero-order valence-corrected chi connectivity index (χ0v) is 22.2. The lowest BCUT2D eigenvalue weighted by atomic mass is 9.66. The Morgan fingerprint density at radius 3 is 2.59 bits per heavy atom. The third-order valence-electron chi connectivity index (χ3n) is 8.99. The second-order valence-electron chi connectivity index (χ2n) is 11.2. The summed E-state index contributed by atoms with van der Waals surface area (Å²) in [5.41, 5.74) is 1.59. The predicted octanol–water partition coefficient (Wildman–Crippen LogP) is 3.90. The van der Waals surface area contributed by atoms with Crippen LogP contribution in [-0.2, 0) is 15.3 Å². The van der Waals surface area contributed by atoms with Crippen molar-refractivity contribution in [2.45, 2.75) is 50.4 Å². The summed E-state index contributed by atoms with van der Waals surface area (Å²) in [7, 11) is -3.07. The van der Waals surface area contributed by atoms with Crippen LogP contribution in [0.3, 0.4) is 0 Å². The Balaban J connectivity index is 1.30. The smallest absolute Gasteiger partial charge is 0.229 e. The summed E-state index contributed by atoms with van der Waals surface area (Å²) in [6.45, 7) is 4.34. The summed E-state index contributed by atoms with van der Waals surface area (Å²) < 4.78 is 54.4. The van der Waals surface area contributed by atoms with Gasteiger partial charge in [0.15, 0.2) is 15.7 Å². The maximum atomic E-state index is 14.5. The molecule has 2 aliphatic carbocycles. The van der Waals surface area contributed by atoms with Crippen LogP contribution < -0.4 is 0 Å². The molecule has 3 aromatic heterocycles. The Morgan fingerprint density at radius 2 is 1.85 bits per heavy atom. The fraction of sp³-hybridized carbons (Fsp3) is 0.407. The highest BCUT2D eigenvalue weighted by Crippen LogP contribution is 2.69. The summed E-state index contributed by atoms with van der Waals surface area (Å²) in [6.07, 6.45) is 5.34. The number of fused-ring (bicyclic) bond motifs is 5. The lowest BCUT2D eigenvalue weighted by Gasteiger charge is -2.37. The first-order valence-corrected chi connectivity index (χ1v) is 14.7. The Kier molecular flexibility index (Phi) is 5.11. The highest BCUT2D eigenvalue weighted by molar-refractivity contribution is 7.91. The van der Waals surface area contributed by atoms with Crippen molar-refractivity contribution in [3.63, 3.8) is 0 Å². The second kappa shape index (κ2) is 8.17. The quantitative estimate of drug-likeness (QED) is 0.376. The molecule has 9 nitrogen and oxygen atoms in total. The molecule has 1 aromatic carbocycles. The number of hydrogen-bond donors (Lipinski definition) is 0. The Morgan fingerprint density at radius 1 is 1.05 bits per heavy atom. The van der Waals surface area contributed by atoms with Crippen molar-refractivity contribution < 1.29 is 17.2 Å². The van der Waals surface area contributed by atoms with Gasteiger partial charge in [0, 0.05) is 12.1 Å². The molecule has 2 bridgehead atoms. The highest BCUT2D eigenvalue weighted by atomic mass is 32.2. The van der Waals surface area contributed by atoms with Crippen molar-refractivity contribution in [2.75, 3.05) is 11.5 Å². The standard InChI is InChI=1S/C27H25F2N7O2S/c1-26(2)17-6-9-27(26,23-16(17)12-20(33-34-23)22-18(28)4-3-5-19(22)29)21-7-10-30-25(32-21)36-14-31-24(35-36)15-8-11-39(37,38)13-15/h3-5,7,10,12,14-15,17H,6,8-9,11,13H2,1-2H3/t15-,17+,27+/m1/s1. The second-order valence-corrected chi connectivity index (χ2v) is 13.5. The molecule has 3 aliphatic rings. The number of rotatable bonds is 4. The van der Waals surface area contributed by atoms with Gasteiger partial charge in [-0.2, -0.15) is 9.78 Å². The van der Waals surface area contributed by atoms with E-state index < -0.39 is 26.9 Å². The minimum Gasteiger partial charge on any atom is -0.229 e. The molecule has 0 radical (unpaired) electrons. The van der Waals surface area contributed by atoms with Crippen LogP contribution in [0.1, 0.15) is 67.7 Å². The van der Waals surface area contributed by atoms with E-state index in [-0.39, 0.29) is 40.0 Å². The molecule has 2 fully saturated rings. The molecule has 39 heavy (non-hydrogen) atoms. The molecule has 4 aromatic rings. The lowest BCUT2D eigenvalue weighted by Crippen LogP contribution is -2.38. The molecular formula is C27H25F2N7O2S. The molecule has 7 rings (SSSR count). The summed E-state index contributed by atoms with van der Waals surface area (Å²) in [5, 5.41) is 13.4. The zero-order chi connectivity index (χ0) is 27.2. The van der Waals surface area contributed by atoms with Gasteiger partial charge in [0.05, 0.1) is 39.6 Å². The number of sulfone groups is 1. The maximum Gasteiger partial charge on any atom is 0.252 e. The average molecular weight is 550 g/mol. The molecule has 200 valence electrons. The van der Waals surface area contributed by atoms with Crippen LogP contribution in [0.25, 0.3) is 17.2 Å². The maximum absolute atomic E-state index is 14.5. The molecule has 1 saturated carbocycles. The van der Waals surface area contributed by atoms with E-state index in [1.807, 2.05) is 6.07 Å². The monoisotopic (exact) mass is 549 g/mol. The first-order valence-electron chi connectivity index (χ1n) is 12.9. The first-order chi connectivity index (χ1) is 18.6.